The highest BCUT2D eigenvalue weighted by molar-refractivity contribution is 5.85. The third kappa shape index (κ3) is 6.01. The van der Waals surface area contributed by atoms with Crippen molar-refractivity contribution in [2.45, 2.75) is 57.7 Å². The molecule has 4 heteroatoms. The number of rotatable bonds is 5. The van der Waals surface area contributed by atoms with E-state index in [1.165, 1.54) is 5.56 Å². The molecule has 1 saturated carbocycles. The maximum absolute atomic E-state index is 10.3. The molecule has 0 aromatic heterocycles. The summed E-state index contributed by atoms with van der Waals surface area (Å²) in [4.78, 5) is 0. The van der Waals surface area contributed by atoms with Crippen LogP contribution in [0.5, 0.6) is 11.5 Å². The summed E-state index contributed by atoms with van der Waals surface area (Å²) in [5, 5.41) is 13.9. The highest BCUT2D eigenvalue weighted by Gasteiger charge is 2.34. The molecule has 2 aromatic rings. The molecule has 142 valence electrons. The van der Waals surface area contributed by atoms with Gasteiger partial charge in [-0.2, -0.15) is 0 Å². The van der Waals surface area contributed by atoms with Crippen molar-refractivity contribution in [2.75, 3.05) is 0 Å². The summed E-state index contributed by atoms with van der Waals surface area (Å²) in [6.45, 7) is 6.45. The standard InChI is InChI=1S/C22H29NO2.ClH/c1-22(2,3)23-20-14-17(15-21(20)24)13-16-9-11-19(12-10-16)25-18-7-5-4-6-8-18;/h4-12,17,20-21,23-24H,13-15H2,1-3H3;1H/t17-,20+,21+;/m0./s1. The van der Waals surface area contributed by atoms with E-state index in [4.69, 9.17) is 4.74 Å². The van der Waals surface area contributed by atoms with E-state index in [2.05, 4.69) is 38.2 Å². The fraction of sp³-hybridized carbons (Fsp3) is 0.455. The monoisotopic (exact) mass is 375 g/mol. The molecule has 3 nitrogen and oxygen atoms in total. The lowest BCUT2D eigenvalue weighted by Gasteiger charge is -2.27. The summed E-state index contributed by atoms with van der Waals surface area (Å²) in [5.74, 6) is 2.23. The summed E-state index contributed by atoms with van der Waals surface area (Å²) in [7, 11) is 0. The average Bonchev–Trinajstić information content (AvgIpc) is 2.88. The van der Waals surface area contributed by atoms with Gasteiger partial charge in [-0.3, -0.25) is 0 Å². The highest BCUT2D eigenvalue weighted by Crippen LogP contribution is 2.31. The molecule has 3 atom stereocenters. The second kappa shape index (κ2) is 8.90. The number of halogens is 1. The number of nitrogens with one attached hydrogen (secondary N) is 1. The molecular weight excluding hydrogens is 346 g/mol. The van der Waals surface area contributed by atoms with Gasteiger partial charge in [0.1, 0.15) is 11.5 Å². The van der Waals surface area contributed by atoms with Crippen LogP contribution in [0.15, 0.2) is 54.6 Å². The van der Waals surface area contributed by atoms with Crippen LogP contribution in [0.1, 0.15) is 39.2 Å². The number of hydrogen-bond donors (Lipinski definition) is 2. The molecule has 2 N–H and O–H groups in total. The van der Waals surface area contributed by atoms with Gasteiger partial charge in [0.05, 0.1) is 6.10 Å². The van der Waals surface area contributed by atoms with Crippen molar-refractivity contribution < 1.29 is 9.84 Å². The number of ether oxygens (including phenoxy) is 1. The Hall–Kier alpha value is -1.55. The Balaban J connectivity index is 0.00000243. The molecule has 3 rings (SSSR count). The molecule has 0 spiro atoms. The lowest BCUT2D eigenvalue weighted by Crippen LogP contribution is -2.47. The van der Waals surface area contributed by atoms with Crippen LogP contribution in [0.4, 0.5) is 0 Å². The van der Waals surface area contributed by atoms with E-state index in [-0.39, 0.29) is 30.1 Å². The van der Waals surface area contributed by atoms with E-state index in [1.54, 1.807) is 0 Å². The number of aliphatic hydroxyl groups is 1. The van der Waals surface area contributed by atoms with Gasteiger partial charge in [-0.25, -0.2) is 0 Å². The average molecular weight is 376 g/mol. The molecule has 0 bridgehead atoms. The molecule has 1 aliphatic carbocycles. The van der Waals surface area contributed by atoms with Gasteiger partial charge in [0.2, 0.25) is 0 Å². The van der Waals surface area contributed by atoms with Gasteiger partial charge in [-0.15, -0.1) is 12.4 Å². The first-order valence-electron chi connectivity index (χ1n) is 9.17. The van der Waals surface area contributed by atoms with E-state index in [0.29, 0.717) is 5.92 Å². The van der Waals surface area contributed by atoms with Gasteiger partial charge in [-0.05, 0) is 75.8 Å². The molecule has 26 heavy (non-hydrogen) atoms. The Morgan fingerprint density at radius 2 is 1.58 bits per heavy atom. The molecule has 0 amide bonds. The van der Waals surface area contributed by atoms with Crippen molar-refractivity contribution in [3.05, 3.63) is 60.2 Å². The zero-order valence-corrected chi connectivity index (χ0v) is 16.6. The van der Waals surface area contributed by atoms with Crippen LogP contribution < -0.4 is 10.1 Å². The molecule has 0 unspecified atom stereocenters. The number of para-hydroxylation sites is 1. The first-order valence-corrected chi connectivity index (χ1v) is 9.17. The lowest BCUT2D eigenvalue weighted by molar-refractivity contribution is 0.133. The van der Waals surface area contributed by atoms with E-state index < -0.39 is 0 Å². The zero-order valence-electron chi connectivity index (χ0n) is 15.8. The summed E-state index contributed by atoms with van der Waals surface area (Å²) >= 11 is 0. The van der Waals surface area contributed by atoms with Crippen LogP contribution in [0.3, 0.4) is 0 Å². The van der Waals surface area contributed by atoms with Gasteiger partial charge < -0.3 is 15.2 Å². The van der Waals surface area contributed by atoms with Crippen molar-refractivity contribution in [2.24, 2.45) is 5.92 Å². The van der Waals surface area contributed by atoms with Crippen molar-refractivity contribution in [3.63, 3.8) is 0 Å². The molecular formula is C22H30ClNO2. The number of aliphatic hydroxyl groups excluding tert-OH is 1. The minimum Gasteiger partial charge on any atom is -0.457 e. The SMILES string of the molecule is CC(C)(C)N[C@@H]1C[C@H](Cc2ccc(Oc3ccccc3)cc2)C[C@H]1O.Cl. The molecule has 0 saturated heterocycles. The third-order valence-electron chi connectivity index (χ3n) is 4.67. The van der Waals surface area contributed by atoms with Gasteiger partial charge in [-0.1, -0.05) is 30.3 Å². The summed E-state index contributed by atoms with van der Waals surface area (Å²) in [5.41, 5.74) is 1.34. The van der Waals surface area contributed by atoms with Crippen LogP contribution in [0.2, 0.25) is 0 Å². The Kier molecular flexibility index (Phi) is 7.10. The number of hydrogen-bond acceptors (Lipinski definition) is 3. The van der Waals surface area contributed by atoms with E-state index >= 15 is 0 Å². The molecule has 0 heterocycles. The largest absolute Gasteiger partial charge is 0.457 e. The predicted octanol–water partition coefficient (Wildman–Crippen LogP) is 4.97. The van der Waals surface area contributed by atoms with Gasteiger partial charge in [0.15, 0.2) is 0 Å². The minimum atomic E-state index is -0.245. The predicted molar refractivity (Wildman–Crippen MR) is 109 cm³/mol. The van der Waals surface area contributed by atoms with Crippen molar-refractivity contribution >= 4 is 12.4 Å². The number of benzene rings is 2. The van der Waals surface area contributed by atoms with Crippen molar-refractivity contribution in [1.29, 1.82) is 0 Å². The minimum absolute atomic E-state index is 0. The van der Waals surface area contributed by atoms with Gasteiger partial charge in [0, 0.05) is 11.6 Å². The third-order valence-corrected chi connectivity index (χ3v) is 4.67. The molecule has 0 radical (unpaired) electrons. The maximum atomic E-state index is 10.3. The first kappa shape index (κ1) is 20.8. The Labute approximate surface area is 163 Å². The van der Waals surface area contributed by atoms with E-state index in [9.17, 15) is 5.11 Å². The molecule has 0 aliphatic heterocycles. The van der Waals surface area contributed by atoms with Gasteiger partial charge in [0.25, 0.3) is 0 Å². The fourth-order valence-corrected chi connectivity index (χ4v) is 3.65. The molecule has 2 aromatic carbocycles. The summed E-state index contributed by atoms with van der Waals surface area (Å²) < 4.78 is 5.84. The smallest absolute Gasteiger partial charge is 0.127 e. The zero-order chi connectivity index (χ0) is 17.9. The van der Waals surface area contributed by atoms with Gasteiger partial charge >= 0.3 is 0 Å². The fourth-order valence-electron chi connectivity index (χ4n) is 3.65. The summed E-state index contributed by atoms with van der Waals surface area (Å²) in [6, 6.07) is 18.3. The van der Waals surface area contributed by atoms with Crippen LogP contribution in [0, 0.1) is 5.92 Å². The second-order valence-corrected chi connectivity index (χ2v) is 8.17. The van der Waals surface area contributed by atoms with Crippen molar-refractivity contribution in [1.82, 2.24) is 5.32 Å². The van der Waals surface area contributed by atoms with Crippen LogP contribution in [-0.2, 0) is 6.42 Å². The van der Waals surface area contributed by atoms with Crippen LogP contribution >= 0.6 is 12.4 Å². The molecule has 1 fully saturated rings. The van der Waals surface area contributed by atoms with Crippen LogP contribution in [0.25, 0.3) is 0 Å². The molecule has 1 aliphatic rings. The Morgan fingerprint density at radius 1 is 0.962 bits per heavy atom. The Bertz CT molecular complexity index is 667. The first-order chi connectivity index (χ1) is 11.9. The van der Waals surface area contributed by atoms with Crippen LogP contribution in [-0.4, -0.2) is 22.8 Å². The van der Waals surface area contributed by atoms with E-state index in [0.717, 1.165) is 30.8 Å². The highest BCUT2D eigenvalue weighted by atomic mass is 35.5. The van der Waals surface area contributed by atoms with Crippen molar-refractivity contribution in [3.8, 4) is 11.5 Å². The normalized spacial score (nSPS) is 22.7. The van der Waals surface area contributed by atoms with E-state index in [1.807, 2.05) is 42.5 Å². The maximum Gasteiger partial charge on any atom is 0.127 e. The quantitative estimate of drug-likeness (QED) is 0.775. The Morgan fingerprint density at radius 3 is 2.19 bits per heavy atom. The summed E-state index contributed by atoms with van der Waals surface area (Å²) in [6.07, 6.45) is 2.66. The topological polar surface area (TPSA) is 41.5 Å². The second-order valence-electron chi connectivity index (χ2n) is 8.17. The lowest BCUT2D eigenvalue weighted by atomic mass is 9.97.